The molecule has 18 heavy (non-hydrogen) atoms. The van der Waals surface area contributed by atoms with E-state index in [0.29, 0.717) is 0 Å². The summed E-state index contributed by atoms with van der Waals surface area (Å²) in [5.41, 5.74) is -0.275. The highest BCUT2D eigenvalue weighted by Crippen LogP contribution is 2.30. The predicted molar refractivity (Wildman–Crippen MR) is 62.4 cm³/mol. The van der Waals surface area contributed by atoms with Crippen molar-refractivity contribution in [2.24, 2.45) is 0 Å². The predicted octanol–water partition coefficient (Wildman–Crippen LogP) is 2.73. The molecule has 1 aromatic carbocycles. The smallest absolute Gasteiger partial charge is 0.387 e. The summed E-state index contributed by atoms with van der Waals surface area (Å²) in [7, 11) is 3.41. The van der Waals surface area contributed by atoms with Gasteiger partial charge in [0.1, 0.15) is 5.75 Å². The Morgan fingerprint density at radius 3 is 2.61 bits per heavy atom. The van der Waals surface area contributed by atoms with E-state index in [9.17, 15) is 18.9 Å². The Morgan fingerprint density at radius 1 is 1.44 bits per heavy atom. The molecule has 0 saturated heterocycles. The highest BCUT2D eigenvalue weighted by Gasteiger charge is 2.18. The summed E-state index contributed by atoms with van der Waals surface area (Å²) in [5, 5.41) is 10.8. The molecule has 0 aromatic heterocycles. The highest BCUT2D eigenvalue weighted by atomic mass is 19.3. The normalized spacial score (nSPS) is 10.9. The number of halogens is 2. The maximum Gasteiger partial charge on any atom is 0.387 e. The van der Waals surface area contributed by atoms with E-state index in [1.807, 2.05) is 0 Å². The van der Waals surface area contributed by atoms with Gasteiger partial charge in [-0.15, -0.1) is 0 Å². The molecule has 5 nitrogen and oxygen atoms in total. The van der Waals surface area contributed by atoms with Crippen LogP contribution in [0, 0.1) is 10.1 Å². The molecule has 0 N–H and O–H groups in total. The number of rotatable bonds is 5. The van der Waals surface area contributed by atoms with E-state index >= 15 is 0 Å². The van der Waals surface area contributed by atoms with Crippen LogP contribution in [0.15, 0.2) is 24.4 Å². The molecular weight excluding hydrogens is 246 g/mol. The van der Waals surface area contributed by atoms with Gasteiger partial charge in [-0.2, -0.15) is 8.78 Å². The van der Waals surface area contributed by atoms with Gasteiger partial charge in [0.15, 0.2) is 0 Å². The van der Waals surface area contributed by atoms with Gasteiger partial charge in [0, 0.05) is 20.2 Å². The Labute approximate surface area is 102 Å². The van der Waals surface area contributed by atoms with Crippen LogP contribution in [0.4, 0.5) is 14.5 Å². The summed E-state index contributed by atoms with van der Waals surface area (Å²) in [6, 6.07) is 3.78. The van der Waals surface area contributed by atoms with Gasteiger partial charge in [-0.1, -0.05) is 6.07 Å². The molecule has 0 radical (unpaired) electrons. The first kappa shape index (κ1) is 13.9. The third-order valence-electron chi connectivity index (χ3n) is 2.00. The van der Waals surface area contributed by atoms with Crippen LogP contribution in [0.1, 0.15) is 5.56 Å². The number of nitro benzene ring substituents is 1. The van der Waals surface area contributed by atoms with Gasteiger partial charge in [0.25, 0.3) is 5.69 Å². The Kier molecular flexibility index (Phi) is 4.59. The van der Waals surface area contributed by atoms with Crippen LogP contribution in [-0.4, -0.2) is 30.5 Å². The lowest BCUT2D eigenvalue weighted by Gasteiger charge is -2.09. The quantitative estimate of drug-likeness (QED) is 0.602. The molecule has 0 aliphatic heterocycles. The molecule has 0 atom stereocenters. The standard InChI is InChI=1S/C11H12F2N2O3/c1-14(2)7-6-8-9(15(16)17)4-3-5-10(8)18-11(12)13/h3-7,11H,1-2H3. The van der Waals surface area contributed by atoms with Crippen LogP contribution in [0.5, 0.6) is 5.75 Å². The van der Waals surface area contributed by atoms with Crippen molar-refractivity contribution in [3.63, 3.8) is 0 Å². The van der Waals surface area contributed by atoms with Crippen molar-refractivity contribution in [2.75, 3.05) is 14.1 Å². The number of hydrogen-bond donors (Lipinski definition) is 0. The van der Waals surface area contributed by atoms with Crippen LogP contribution in [0.25, 0.3) is 6.08 Å². The number of alkyl halides is 2. The molecule has 98 valence electrons. The second kappa shape index (κ2) is 5.95. The zero-order valence-corrected chi connectivity index (χ0v) is 9.84. The van der Waals surface area contributed by atoms with E-state index < -0.39 is 11.5 Å². The minimum Gasteiger partial charge on any atom is -0.434 e. The van der Waals surface area contributed by atoms with Crippen LogP contribution in [-0.2, 0) is 0 Å². The zero-order valence-electron chi connectivity index (χ0n) is 9.84. The van der Waals surface area contributed by atoms with Gasteiger partial charge in [-0.3, -0.25) is 10.1 Å². The molecule has 0 saturated carbocycles. The molecular formula is C11H12F2N2O3. The lowest BCUT2D eigenvalue weighted by Crippen LogP contribution is -2.05. The maximum absolute atomic E-state index is 12.2. The fourth-order valence-corrected chi connectivity index (χ4v) is 1.28. The Bertz CT molecular complexity index is 462. The second-order valence-corrected chi connectivity index (χ2v) is 3.60. The molecule has 0 bridgehead atoms. The van der Waals surface area contributed by atoms with Crippen molar-refractivity contribution >= 4 is 11.8 Å². The fraction of sp³-hybridized carbons (Fsp3) is 0.273. The van der Waals surface area contributed by atoms with Crippen molar-refractivity contribution in [1.29, 1.82) is 0 Å². The molecule has 1 rings (SSSR count). The molecule has 0 heterocycles. The van der Waals surface area contributed by atoms with Crippen molar-refractivity contribution in [3.05, 3.63) is 40.1 Å². The number of hydrogen-bond acceptors (Lipinski definition) is 4. The Hall–Kier alpha value is -2.18. The highest BCUT2D eigenvalue weighted by molar-refractivity contribution is 5.67. The summed E-state index contributed by atoms with van der Waals surface area (Å²) in [6.45, 7) is -3.03. The minimum absolute atomic E-state index is 0.0106. The Morgan fingerprint density at radius 2 is 2.11 bits per heavy atom. The van der Waals surface area contributed by atoms with Crippen molar-refractivity contribution in [2.45, 2.75) is 6.61 Å². The van der Waals surface area contributed by atoms with Gasteiger partial charge in [0.2, 0.25) is 0 Å². The summed E-state index contributed by atoms with van der Waals surface area (Å²) in [4.78, 5) is 11.8. The average molecular weight is 258 g/mol. The third-order valence-corrected chi connectivity index (χ3v) is 2.00. The van der Waals surface area contributed by atoms with Crippen LogP contribution in [0.2, 0.25) is 0 Å². The van der Waals surface area contributed by atoms with Gasteiger partial charge >= 0.3 is 6.61 Å². The van der Waals surface area contributed by atoms with Gasteiger partial charge in [0.05, 0.1) is 10.5 Å². The van der Waals surface area contributed by atoms with Gasteiger partial charge < -0.3 is 9.64 Å². The van der Waals surface area contributed by atoms with E-state index in [1.165, 1.54) is 30.5 Å². The van der Waals surface area contributed by atoms with Crippen molar-refractivity contribution in [3.8, 4) is 5.75 Å². The lowest BCUT2D eigenvalue weighted by molar-refractivity contribution is -0.385. The summed E-state index contributed by atoms with van der Waals surface area (Å²) >= 11 is 0. The molecule has 0 fully saturated rings. The minimum atomic E-state index is -3.03. The second-order valence-electron chi connectivity index (χ2n) is 3.60. The van der Waals surface area contributed by atoms with Crippen molar-refractivity contribution in [1.82, 2.24) is 4.90 Å². The molecule has 0 amide bonds. The SMILES string of the molecule is CN(C)C=Cc1c(OC(F)F)cccc1[N+](=O)[O-]. The van der Waals surface area contributed by atoms with Gasteiger partial charge in [-0.25, -0.2) is 0 Å². The summed E-state index contributed by atoms with van der Waals surface area (Å²) in [5.74, 6) is -0.225. The lowest BCUT2D eigenvalue weighted by atomic mass is 10.1. The van der Waals surface area contributed by atoms with E-state index in [0.717, 1.165) is 0 Å². The maximum atomic E-state index is 12.2. The first-order valence-electron chi connectivity index (χ1n) is 4.98. The number of ether oxygens (including phenoxy) is 1. The van der Waals surface area contributed by atoms with E-state index in [1.54, 1.807) is 19.0 Å². The van der Waals surface area contributed by atoms with E-state index in [4.69, 9.17) is 0 Å². The molecule has 7 heteroatoms. The molecule has 0 aliphatic carbocycles. The summed E-state index contributed by atoms with van der Waals surface area (Å²) in [6.07, 6.45) is 2.87. The number of nitro groups is 1. The van der Waals surface area contributed by atoms with Crippen LogP contribution >= 0.6 is 0 Å². The first-order chi connectivity index (χ1) is 8.41. The number of nitrogens with zero attached hydrogens (tertiary/aromatic N) is 2. The first-order valence-corrected chi connectivity index (χ1v) is 4.98. The van der Waals surface area contributed by atoms with Crippen molar-refractivity contribution < 1.29 is 18.4 Å². The van der Waals surface area contributed by atoms with Crippen LogP contribution in [0.3, 0.4) is 0 Å². The molecule has 0 spiro atoms. The number of benzene rings is 1. The van der Waals surface area contributed by atoms with E-state index in [-0.39, 0.29) is 17.0 Å². The van der Waals surface area contributed by atoms with E-state index in [2.05, 4.69) is 4.74 Å². The topological polar surface area (TPSA) is 55.6 Å². The largest absolute Gasteiger partial charge is 0.434 e. The third kappa shape index (κ3) is 3.69. The van der Waals surface area contributed by atoms with Gasteiger partial charge in [-0.05, 0) is 18.3 Å². The monoisotopic (exact) mass is 258 g/mol. The molecule has 0 unspecified atom stereocenters. The Balaban J connectivity index is 3.25. The van der Waals surface area contributed by atoms with Crippen LogP contribution < -0.4 is 4.74 Å². The summed E-state index contributed by atoms with van der Waals surface area (Å²) < 4.78 is 28.7. The molecule has 1 aromatic rings. The zero-order chi connectivity index (χ0) is 13.7. The average Bonchev–Trinajstić information content (AvgIpc) is 2.25. The molecule has 0 aliphatic rings. The fourth-order valence-electron chi connectivity index (χ4n) is 1.28.